The maximum atomic E-state index is 12.9. The van der Waals surface area contributed by atoms with Crippen LogP contribution in [0.5, 0.6) is 5.75 Å². The number of carbonyl (C=O) groups excluding carboxylic acids is 1. The lowest BCUT2D eigenvalue weighted by atomic mass is 10.1. The van der Waals surface area contributed by atoms with Crippen LogP contribution in [0.25, 0.3) is 0 Å². The summed E-state index contributed by atoms with van der Waals surface area (Å²) in [4.78, 5) is 13.5. The number of aliphatic hydroxyl groups is 1. The number of hydrogen-bond acceptors (Lipinski definition) is 3. The van der Waals surface area contributed by atoms with Crippen LogP contribution in [0.15, 0.2) is 24.3 Å². The number of amides is 1. The van der Waals surface area contributed by atoms with Crippen LogP contribution in [0.3, 0.4) is 0 Å². The topological polar surface area (TPSA) is 49.8 Å². The average molecular weight is 267 g/mol. The molecule has 1 amide bonds. The Morgan fingerprint density at radius 2 is 2.37 bits per heavy atom. The van der Waals surface area contributed by atoms with Crippen LogP contribution in [-0.4, -0.2) is 41.2 Å². The Bertz CT molecular complexity index is 462. The van der Waals surface area contributed by atoms with Crippen molar-refractivity contribution < 1.29 is 19.0 Å². The summed E-state index contributed by atoms with van der Waals surface area (Å²) in [5, 5.41) is 9.78. The molecular weight excluding hydrogens is 249 g/mol. The van der Waals surface area contributed by atoms with Crippen LogP contribution in [0.2, 0.25) is 0 Å². The number of ether oxygens (including phenoxy) is 1. The highest BCUT2D eigenvalue weighted by atomic mass is 19.1. The van der Waals surface area contributed by atoms with E-state index in [-0.39, 0.29) is 24.8 Å². The zero-order chi connectivity index (χ0) is 13.9. The molecule has 5 heteroatoms. The SMILES string of the molecule is CC1(O)CCN(C(=O)CCOc2cccc(F)c2)C1. The lowest BCUT2D eigenvalue weighted by molar-refractivity contribution is -0.131. The van der Waals surface area contributed by atoms with Crippen molar-refractivity contribution in [3.8, 4) is 5.75 Å². The van der Waals surface area contributed by atoms with Crippen LogP contribution in [-0.2, 0) is 4.79 Å². The van der Waals surface area contributed by atoms with E-state index in [9.17, 15) is 14.3 Å². The van der Waals surface area contributed by atoms with Crippen LogP contribution in [0.1, 0.15) is 19.8 Å². The minimum Gasteiger partial charge on any atom is -0.493 e. The summed E-state index contributed by atoms with van der Waals surface area (Å²) in [6, 6.07) is 5.83. The maximum Gasteiger partial charge on any atom is 0.226 e. The Labute approximate surface area is 111 Å². The van der Waals surface area contributed by atoms with Gasteiger partial charge in [0.05, 0.1) is 18.6 Å². The van der Waals surface area contributed by atoms with Crippen LogP contribution >= 0.6 is 0 Å². The smallest absolute Gasteiger partial charge is 0.226 e. The number of benzene rings is 1. The van der Waals surface area contributed by atoms with Crippen LogP contribution < -0.4 is 4.74 Å². The highest BCUT2D eigenvalue weighted by molar-refractivity contribution is 5.76. The molecule has 0 bridgehead atoms. The second kappa shape index (κ2) is 5.57. The van der Waals surface area contributed by atoms with Gasteiger partial charge in [0.2, 0.25) is 5.91 Å². The molecule has 1 unspecified atom stereocenters. The zero-order valence-electron chi connectivity index (χ0n) is 10.9. The van der Waals surface area contributed by atoms with Gasteiger partial charge in [0.25, 0.3) is 0 Å². The van der Waals surface area contributed by atoms with E-state index < -0.39 is 5.60 Å². The van der Waals surface area contributed by atoms with Gasteiger partial charge in [0, 0.05) is 19.2 Å². The number of nitrogens with zero attached hydrogens (tertiary/aromatic N) is 1. The van der Waals surface area contributed by atoms with E-state index in [0.29, 0.717) is 25.3 Å². The van der Waals surface area contributed by atoms with E-state index in [1.165, 1.54) is 12.1 Å². The van der Waals surface area contributed by atoms with Crippen molar-refractivity contribution in [3.05, 3.63) is 30.1 Å². The number of carbonyl (C=O) groups is 1. The predicted molar refractivity (Wildman–Crippen MR) is 68.3 cm³/mol. The van der Waals surface area contributed by atoms with Gasteiger partial charge in [-0.1, -0.05) is 6.07 Å². The van der Waals surface area contributed by atoms with Gasteiger partial charge < -0.3 is 14.7 Å². The molecule has 1 aromatic rings. The van der Waals surface area contributed by atoms with Crippen molar-refractivity contribution in [1.29, 1.82) is 0 Å². The number of hydrogen-bond donors (Lipinski definition) is 1. The Balaban J connectivity index is 1.76. The van der Waals surface area contributed by atoms with E-state index >= 15 is 0 Å². The largest absolute Gasteiger partial charge is 0.493 e. The predicted octanol–water partition coefficient (Wildman–Crippen LogP) is 1.58. The highest BCUT2D eigenvalue weighted by Gasteiger charge is 2.33. The summed E-state index contributed by atoms with van der Waals surface area (Å²) >= 11 is 0. The zero-order valence-corrected chi connectivity index (χ0v) is 10.9. The molecule has 4 nitrogen and oxygen atoms in total. The molecule has 1 aromatic carbocycles. The lowest BCUT2D eigenvalue weighted by Gasteiger charge is -2.19. The molecule has 0 saturated carbocycles. The second-order valence-corrected chi connectivity index (χ2v) is 5.12. The van der Waals surface area contributed by atoms with Crippen molar-refractivity contribution >= 4 is 5.91 Å². The molecule has 104 valence electrons. The molecule has 0 radical (unpaired) electrons. The molecule has 1 atom stereocenters. The first-order chi connectivity index (χ1) is 8.96. The minimum atomic E-state index is -0.779. The van der Waals surface area contributed by atoms with Crippen LogP contribution in [0, 0.1) is 5.82 Å². The summed E-state index contributed by atoms with van der Waals surface area (Å²) in [6.07, 6.45) is 0.829. The second-order valence-electron chi connectivity index (χ2n) is 5.12. The first-order valence-electron chi connectivity index (χ1n) is 6.35. The molecule has 1 saturated heterocycles. The van der Waals surface area contributed by atoms with E-state index in [0.717, 1.165) is 0 Å². The van der Waals surface area contributed by atoms with E-state index in [4.69, 9.17) is 4.74 Å². The Morgan fingerprint density at radius 1 is 1.58 bits per heavy atom. The quantitative estimate of drug-likeness (QED) is 0.901. The third-order valence-electron chi connectivity index (χ3n) is 3.19. The molecule has 0 aliphatic carbocycles. The molecule has 2 rings (SSSR count). The summed E-state index contributed by atoms with van der Waals surface area (Å²) < 4.78 is 18.2. The van der Waals surface area contributed by atoms with Gasteiger partial charge in [-0.25, -0.2) is 4.39 Å². The fraction of sp³-hybridized carbons (Fsp3) is 0.500. The lowest BCUT2D eigenvalue weighted by Crippen LogP contribution is -2.34. The van der Waals surface area contributed by atoms with Crippen molar-refractivity contribution in [1.82, 2.24) is 4.90 Å². The minimum absolute atomic E-state index is 0.0471. The standard InChI is InChI=1S/C14H18FNO3/c1-14(18)6-7-16(10-14)13(17)5-8-19-12-4-2-3-11(15)9-12/h2-4,9,18H,5-8,10H2,1H3. The van der Waals surface area contributed by atoms with Crippen LogP contribution in [0.4, 0.5) is 4.39 Å². The molecular formula is C14H18FNO3. The number of β-amino-alcohol motifs (C(OH)–C–C–N with tert-alkyl or cyclic N) is 1. The van der Waals surface area contributed by atoms with Gasteiger partial charge in [-0.3, -0.25) is 4.79 Å². The maximum absolute atomic E-state index is 12.9. The summed E-state index contributed by atoms with van der Waals surface area (Å²) in [5.74, 6) is 0.00909. The monoisotopic (exact) mass is 267 g/mol. The molecule has 1 aliphatic heterocycles. The third-order valence-corrected chi connectivity index (χ3v) is 3.19. The first kappa shape index (κ1) is 13.8. The number of halogens is 1. The Kier molecular flexibility index (Phi) is 4.04. The van der Waals surface area contributed by atoms with Gasteiger partial charge in [0.15, 0.2) is 0 Å². The molecule has 0 spiro atoms. The summed E-state index contributed by atoms with van der Waals surface area (Å²) in [7, 11) is 0. The van der Waals surface area contributed by atoms with Gasteiger partial charge in [-0.05, 0) is 25.5 Å². The summed E-state index contributed by atoms with van der Waals surface area (Å²) in [6.45, 7) is 2.88. The first-order valence-corrected chi connectivity index (χ1v) is 6.35. The van der Waals surface area contributed by atoms with Crippen molar-refractivity contribution in [2.75, 3.05) is 19.7 Å². The fourth-order valence-corrected chi connectivity index (χ4v) is 2.13. The number of rotatable bonds is 4. The fourth-order valence-electron chi connectivity index (χ4n) is 2.13. The summed E-state index contributed by atoms with van der Waals surface area (Å²) in [5.41, 5.74) is -0.779. The van der Waals surface area contributed by atoms with E-state index in [1.807, 2.05) is 0 Å². The molecule has 0 aromatic heterocycles. The van der Waals surface area contributed by atoms with Gasteiger partial charge in [0.1, 0.15) is 11.6 Å². The molecule has 1 fully saturated rings. The van der Waals surface area contributed by atoms with E-state index in [2.05, 4.69) is 0 Å². The molecule has 1 heterocycles. The molecule has 19 heavy (non-hydrogen) atoms. The average Bonchev–Trinajstić information content (AvgIpc) is 2.70. The number of likely N-dealkylation sites (tertiary alicyclic amines) is 1. The molecule has 1 N–H and O–H groups in total. The van der Waals surface area contributed by atoms with Crippen molar-refractivity contribution in [2.24, 2.45) is 0 Å². The Morgan fingerprint density at radius 3 is 3.00 bits per heavy atom. The van der Waals surface area contributed by atoms with Gasteiger partial charge in [-0.15, -0.1) is 0 Å². The Hall–Kier alpha value is -1.62. The molecule has 1 aliphatic rings. The van der Waals surface area contributed by atoms with E-state index in [1.54, 1.807) is 24.0 Å². The third kappa shape index (κ3) is 3.92. The van der Waals surface area contributed by atoms with Gasteiger partial charge in [-0.2, -0.15) is 0 Å². The van der Waals surface area contributed by atoms with Crippen molar-refractivity contribution in [3.63, 3.8) is 0 Å². The van der Waals surface area contributed by atoms with Crippen molar-refractivity contribution in [2.45, 2.75) is 25.4 Å². The van der Waals surface area contributed by atoms with Gasteiger partial charge >= 0.3 is 0 Å². The normalized spacial score (nSPS) is 22.6. The highest BCUT2D eigenvalue weighted by Crippen LogP contribution is 2.20.